The number of thiophene rings is 1. The van der Waals surface area contributed by atoms with Crippen LogP contribution in [0.3, 0.4) is 0 Å². The zero-order valence-electron chi connectivity index (χ0n) is 11.3. The van der Waals surface area contributed by atoms with E-state index in [4.69, 9.17) is 0 Å². The molecule has 1 aromatic rings. The summed E-state index contributed by atoms with van der Waals surface area (Å²) in [5, 5.41) is 5.69. The Morgan fingerprint density at radius 2 is 2.05 bits per heavy atom. The molecule has 2 aliphatic rings. The molecule has 19 heavy (non-hydrogen) atoms. The van der Waals surface area contributed by atoms with Gasteiger partial charge in [-0.05, 0) is 34.8 Å². The lowest BCUT2D eigenvalue weighted by Crippen LogP contribution is -2.48. The summed E-state index contributed by atoms with van der Waals surface area (Å²) in [6.45, 7) is 8.35. The molecule has 1 aliphatic carbocycles. The van der Waals surface area contributed by atoms with Crippen molar-refractivity contribution < 1.29 is 0 Å². The third kappa shape index (κ3) is 4.26. The summed E-state index contributed by atoms with van der Waals surface area (Å²) >= 11 is 5.31. The second-order valence-electron chi connectivity index (χ2n) is 5.52. The lowest BCUT2D eigenvalue weighted by Gasteiger charge is -2.34. The van der Waals surface area contributed by atoms with Crippen LogP contribution in [-0.2, 0) is 6.54 Å². The van der Waals surface area contributed by atoms with Crippen molar-refractivity contribution in [1.29, 1.82) is 0 Å². The van der Waals surface area contributed by atoms with Crippen molar-refractivity contribution >= 4 is 27.3 Å². The van der Waals surface area contributed by atoms with Gasteiger partial charge in [0.15, 0.2) is 0 Å². The van der Waals surface area contributed by atoms with Gasteiger partial charge in [0.25, 0.3) is 0 Å². The topological polar surface area (TPSA) is 18.5 Å². The Kier molecular flexibility index (Phi) is 4.92. The monoisotopic (exact) mass is 343 g/mol. The molecule has 1 N–H and O–H groups in total. The Bertz CT molecular complexity index is 397. The normalized spacial score (nSPS) is 21.9. The summed E-state index contributed by atoms with van der Waals surface area (Å²) in [5.74, 6) is 0. The van der Waals surface area contributed by atoms with E-state index in [1.54, 1.807) is 0 Å². The summed E-state index contributed by atoms with van der Waals surface area (Å²) in [4.78, 5) is 6.67. The van der Waals surface area contributed by atoms with E-state index in [2.05, 4.69) is 42.5 Å². The average molecular weight is 344 g/mol. The van der Waals surface area contributed by atoms with Crippen LogP contribution < -0.4 is 5.32 Å². The van der Waals surface area contributed by atoms with Gasteiger partial charge in [0.05, 0.1) is 0 Å². The first-order valence-electron chi connectivity index (χ1n) is 7.21. The van der Waals surface area contributed by atoms with E-state index < -0.39 is 0 Å². The predicted molar refractivity (Wildman–Crippen MR) is 84.8 cm³/mol. The molecule has 2 fully saturated rings. The van der Waals surface area contributed by atoms with Gasteiger partial charge in [-0.25, -0.2) is 0 Å². The minimum atomic E-state index is 0.942. The molecular formula is C14H22BrN3S. The largest absolute Gasteiger partial charge is 0.311 e. The van der Waals surface area contributed by atoms with Crippen molar-refractivity contribution in [1.82, 2.24) is 15.1 Å². The number of hydrogen-bond acceptors (Lipinski definition) is 4. The molecule has 5 heteroatoms. The van der Waals surface area contributed by atoms with Gasteiger partial charge in [-0.1, -0.05) is 0 Å². The highest BCUT2D eigenvalue weighted by atomic mass is 79.9. The predicted octanol–water partition coefficient (Wildman–Crippen LogP) is 2.38. The van der Waals surface area contributed by atoms with Gasteiger partial charge in [0.1, 0.15) is 0 Å². The maximum Gasteiger partial charge on any atom is 0.0300 e. The fraction of sp³-hybridized carbons (Fsp3) is 0.714. The summed E-state index contributed by atoms with van der Waals surface area (Å²) in [6, 6.07) is 3.14. The first-order valence-corrected chi connectivity index (χ1v) is 8.88. The van der Waals surface area contributed by atoms with Crippen molar-refractivity contribution in [2.45, 2.75) is 25.4 Å². The number of halogens is 1. The van der Waals surface area contributed by atoms with Crippen LogP contribution in [-0.4, -0.2) is 55.1 Å². The molecule has 1 aromatic heterocycles. The molecule has 1 aliphatic heterocycles. The highest BCUT2D eigenvalue weighted by Crippen LogP contribution is 2.27. The standard InChI is InChI=1S/C14H22BrN3S/c15-12-9-14(19-11-12)10-16-3-4-17-5-7-18(8-6-17)13-1-2-13/h9,11,13,16H,1-8,10H2. The van der Waals surface area contributed by atoms with Crippen LogP contribution in [0.2, 0.25) is 0 Å². The van der Waals surface area contributed by atoms with Gasteiger partial charge in [-0.3, -0.25) is 9.80 Å². The molecule has 0 unspecified atom stereocenters. The first kappa shape index (κ1) is 14.0. The molecule has 2 heterocycles. The Labute approximate surface area is 128 Å². The second-order valence-corrected chi connectivity index (χ2v) is 7.43. The van der Waals surface area contributed by atoms with Gasteiger partial charge in [0, 0.05) is 66.6 Å². The fourth-order valence-electron chi connectivity index (χ4n) is 2.69. The summed E-state index contributed by atoms with van der Waals surface area (Å²) in [7, 11) is 0. The van der Waals surface area contributed by atoms with Gasteiger partial charge in [0.2, 0.25) is 0 Å². The fourth-order valence-corrected chi connectivity index (χ4v) is 4.11. The van der Waals surface area contributed by atoms with Crippen LogP contribution >= 0.6 is 27.3 Å². The Hall–Kier alpha value is 0.0600. The van der Waals surface area contributed by atoms with Crippen LogP contribution in [0.25, 0.3) is 0 Å². The maximum atomic E-state index is 3.54. The lowest BCUT2D eigenvalue weighted by molar-refractivity contribution is 0.127. The number of hydrogen-bond donors (Lipinski definition) is 1. The molecule has 1 saturated carbocycles. The number of nitrogens with zero attached hydrogens (tertiary/aromatic N) is 2. The van der Waals surface area contributed by atoms with Crippen molar-refractivity contribution in [2.24, 2.45) is 0 Å². The zero-order chi connectivity index (χ0) is 13.1. The van der Waals surface area contributed by atoms with E-state index >= 15 is 0 Å². The van der Waals surface area contributed by atoms with Crippen LogP contribution in [0.5, 0.6) is 0 Å². The van der Waals surface area contributed by atoms with Crippen LogP contribution in [0.1, 0.15) is 17.7 Å². The molecule has 0 radical (unpaired) electrons. The Morgan fingerprint density at radius 1 is 1.26 bits per heavy atom. The zero-order valence-corrected chi connectivity index (χ0v) is 13.7. The van der Waals surface area contributed by atoms with Crippen molar-refractivity contribution in [2.75, 3.05) is 39.3 Å². The number of piperazine rings is 1. The van der Waals surface area contributed by atoms with Crippen molar-refractivity contribution in [3.05, 3.63) is 20.8 Å². The highest BCUT2D eigenvalue weighted by molar-refractivity contribution is 9.10. The molecule has 0 amide bonds. The molecule has 3 rings (SSSR count). The first-order chi connectivity index (χ1) is 9.31. The van der Waals surface area contributed by atoms with Crippen molar-refractivity contribution in [3.8, 4) is 0 Å². The molecule has 0 bridgehead atoms. The molecule has 0 atom stereocenters. The Balaban J connectivity index is 1.28. The molecule has 0 spiro atoms. The smallest absolute Gasteiger partial charge is 0.0300 e. The van der Waals surface area contributed by atoms with Gasteiger partial charge >= 0.3 is 0 Å². The average Bonchev–Trinajstić information content (AvgIpc) is 3.19. The Morgan fingerprint density at radius 3 is 2.68 bits per heavy atom. The number of nitrogens with one attached hydrogen (secondary N) is 1. The van der Waals surface area contributed by atoms with E-state index in [0.29, 0.717) is 0 Å². The van der Waals surface area contributed by atoms with E-state index in [-0.39, 0.29) is 0 Å². The molecule has 1 saturated heterocycles. The van der Waals surface area contributed by atoms with Crippen LogP contribution in [0.15, 0.2) is 15.9 Å². The van der Waals surface area contributed by atoms with E-state index in [9.17, 15) is 0 Å². The minimum absolute atomic E-state index is 0.942. The second kappa shape index (κ2) is 6.68. The quantitative estimate of drug-likeness (QED) is 0.800. The number of rotatable bonds is 6. The molecular weight excluding hydrogens is 322 g/mol. The summed E-state index contributed by atoms with van der Waals surface area (Å²) in [5.41, 5.74) is 0. The molecule has 0 aromatic carbocycles. The van der Waals surface area contributed by atoms with Gasteiger partial charge < -0.3 is 5.32 Å². The van der Waals surface area contributed by atoms with Crippen LogP contribution in [0, 0.1) is 0 Å². The summed E-state index contributed by atoms with van der Waals surface area (Å²) in [6.07, 6.45) is 2.88. The third-order valence-electron chi connectivity index (χ3n) is 4.00. The highest BCUT2D eigenvalue weighted by Gasteiger charge is 2.30. The summed E-state index contributed by atoms with van der Waals surface area (Å²) < 4.78 is 1.20. The van der Waals surface area contributed by atoms with Crippen molar-refractivity contribution in [3.63, 3.8) is 0 Å². The molecule has 3 nitrogen and oxygen atoms in total. The van der Waals surface area contributed by atoms with Gasteiger partial charge in [-0.15, -0.1) is 11.3 Å². The lowest BCUT2D eigenvalue weighted by atomic mass is 10.3. The minimum Gasteiger partial charge on any atom is -0.311 e. The third-order valence-corrected chi connectivity index (χ3v) is 5.69. The maximum absolute atomic E-state index is 3.54. The van der Waals surface area contributed by atoms with Gasteiger partial charge in [-0.2, -0.15) is 0 Å². The van der Waals surface area contributed by atoms with Crippen LogP contribution in [0.4, 0.5) is 0 Å². The SMILES string of the molecule is Brc1csc(CNCCN2CCN(C3CC3)CC2)c1. The van der Waals surface area contributed by atoms with E-state index in [1.807, 2.05) is 11.3 Å². The van der Waals surface area contributed by atoms with E-state index in [1.165, 1.54) is 54.9 Å². The van der Waals surface area contributed by atoms with E-state index in [0.717, 1.165) is 19.1 Å². The molecule has 106 valence electrons.